The van der Waals surface area contributed by atoms with Gasteiger partial charge in [-0.05, 0) is 24.6 Å². The molecular weight excluding hydrogens is 248 g/mol. The highest BCUT2D eigenvalue weighted by Crippen LogP contribution is 2.22. The van der Waals surface area contributed by atoms with Gasteiger partial charge in [-0.3, -0.25) is 0 Å². The maximum atomic E-state index is 11.8. The molecule has 0 bridgehead atoms. The zero-order chi connectivity index (χ0) is 14.4. The van der Waals surface area contributed by atoms with Crippen molar-refractivity contribution in [2.45, 2.75) is 13.3 Å². The molecule has 0 aromatic heterocycles. The Hall–Kier alpha value is -2.24. The summed E-state index contributed by atoms with van der Waals surface area (Å²) in [5.74, 6) is -0.690. The van der Waals surface area contributed by atoms with E-state index < -0.39 is 5.97 Å². The Bertz CT molecular complexity index is 474. The van der Waals surface area contributed by atoms with Gasteiger partial charge < -0.3 is 20.1 Å². The highest BCUT2D eigenvalue weighted by Gasteiger charge is 2.15. The molecule has 6 nitrogen and oxygen atoms in total. The van der Waals surface area contributed by atoms with Crippen molar-refractivity contribution in [3.05, 3.63) is 23.8 Å². The molecule has 1 aromatic carbocycles. The van der Waals surface area contributed by atoms with Crippen molar-refractivity contribution in [2.75, 3.05) is 26.0 Å². The van der Waals surface area contributed by atoms with E-state index in [1.54, 1.807) is 13.1 Å². The van der Waals surface area contributed by atoms with Crippen LogP contribution in [0.3, 0.4) is 0 Å². The number of carboxylic acids is 1. The quantitative estimate of drug-likeness (QED) is 0.856. The summed E-state index contributed by atoms with van der Waals surface area (Å²) in [6.07, 6.45) is 0.832. The van der Waals surface area contributed by atoms with Crippen LogP contribution in [-0.4, -0.2) is 42.7 Å². The predicted molar refractivity (Wildman–Crippen MR) is 71.9 cm³/mol. The maximum Gasteiger partial charge on any atom is 0.337 e. The molecule has 104 valence electrons. The van der Waals surface area contributed by atoms with Gasteiger partial charge in [-0.15, -0.1) is 0 Å². The molecular formula is C13H18N2O4. The van der Waals surface area contributed by atoms with Gasteiger partial charge in [0.25, 0.3) is 0 Å². The third kappa shape index (κ3) is 3.87. The maximum absolute atomic E-state index is 11.8. The summed E-state index contributed by atoms with van der Waals surface area (Å²) in [6.45, 7) is 2.56. The lowest BCUT2D eigenvalue weighted by molar-refractivity contribution is 0.0697. The predicted octanol–water partition coefficient (Wildman–Crippen LogP) is 2.27. The number of hydrogen-bond acceptors (Lipinski definition) is 3. The minimum absolute atomic E-state index is 0.00222. The number of urea groups is 1. The van der Waals surface area contributed by atoms with E-state index in [9.17, 15) is 9.59 Å². The summed E-state index contributed by atoms with van der Waals surface area (Å²) in [5, 5.41) is 11.7. The van der Waals surface area contributed by atoms with Gasteiger partial charge in [-0.2, -0.15) is 0 Å². The number of anilines is 1. The number of carbonyl (C=O) groups is 2. The fourth-order valence-corrected chi connectivity index (χ4v) is 1.58. The molecule has 0 fully saturated rings. The average Bonchev–Trinajstić information content (AvgIpc) is 2.39. The number of ether oxygens (including phenoxy) is 1. The van der Waals surface area contributed by atoms with Crippen LogP contribution in [-0.2, 0) is 0 Å². The van der Waals surface area contributed by atoms with Gasteiger partial charge in [0.15, 0.2) is 0 Å². The summed E-state index contributed by atoms with van der Waals surface area (Å²) in [4.78, 5) is 24.5. The second-order valence-electron chi connectivity index (χ2n) is 4.07. The molecule has 1 aromatic rings. The molecule has 0 saturated heterocycles. The number of rotatable bonds is 5. The van der Waals surface area contributed by atoms with E-state index in [0.717, 1.165) is 6.42 Å². The molecule has 0 atom stereocenters. The molecule has 0 spiro atoms. The Kier molecular flexibility index (Phi) is 5.17. The molecule has 0 saturated carbocycles. The Morgan fingerprint density at radius 3 is 2.63 bits per heavy atom. The summed E-state index contributed by atoms with van der Waals surface area (Å²) in [6, 6.07) is 4.15. The number of carboxylic acid groups (broad SMARTS) is 1. The lowest BCUT2D eigenvalue weighted by atomic mass is 10.1. The number of hydrogen-bond donors (Lipinski definition) is 2. The largest absolute Gasteiger partial charge is 0.497 e. The Labute approximate surface area is 112 Å². The van der Waals surface area contributed by atoms with Crippen LogP contribution in [0, 0.1) is 0 Å². The van der Waals surface area contributed by atoms with Crippen LogP contribution in [0.2, 0.25) is 0 Å². The van der Waals surface area contributed by atoms with Gasteiger partial charge in [0.1, 0.15) is 5.75 Å². The van der Waals surface area contributed by atoms with Crippen molar-refractivity contribution in [2.24, 2.45) is 0 Å². The summed E-state index contributed by atoms with van der Waals surface area (Å²) < 4.78 is 4.96. The minimum Gasteiger partial charge on any atom is -0.497 e. The van der Waals surface area contributed by atoms with Crippen molar-refractivity contribution in [1.82, 2.24) is 4.90 Å². The average molecular weight is 266 g/mol. The van der Waals surface area contributed by atoms with Gasteiger partial charge in [-0.25, -0.2) is 9.59 Å². The fraction of sp³-hybridized carbons (Fsp3) is 0.385. The molecule has 2 N–H and O–H groups in total. The molecule has 6 heteroatoms. The van der Waals surface area contributed by atoms with Gasteiger partial charge in [0, 0.05) is 13.6 Å². The highest BCUT2D eigenvalue weighted by molar-refractivity contribution is 6.00. The topological polar surface area (TPSA) is 78.9 Å². The number of amides is 2. The molecule has 0 unspecified atom stereocenters. The van der Waals surface area contributed by atoms with Crippen LogP contribution in [0.25, 0.3) is 0 Å². The molecule has 0 aliphatic carbocycles. The lowest BCUT2D eigenvalue weighted by Gasteiger charge is -2.18. The van der Waals surface area contributed by atoms with Crippen LogP contribution < -0.4 is 10.1 Å². The number of carbonyl (C=O) groups excluding carboxylic acids is 1. The Balaban J connectivity index is 2.94. The van der Waals surface area contributed by atoms with Crippen molar-refractivity contribution in [3.63, 3.8) is 0 Å². The van der Waals surface area contributed by atoms with E-state index in [4.69, 9.17) is 9.84 Å². The van der Waals surface area contributed by atoms with Crippen molar-refractivity contribution < 1.29 is 19.4 Å². The first-order valence-electron chi connectivity index (χ1n) is 5.93. The van der Waals surface area contributed by atoms with E-state index in [-0.39, 0.29) is 17.3 Å². The number of nitrogens with zero attached hydrogens (tertiary/aromatic N) is 1. The Morgan fingerprint density at radius 2 is 2.11 bits per heavy atom. The molecule has 19 heavy (non-hydrogen) atoms. The second kappa shape index (κ2) is 6.63. The highest BCUT2D eigenvalue weighted by atomic mass is 16.5. The molecule has 0 aliphatic rings. The zero-order valence-corrected chi connectivity index (χ0v) is 11.3. The zero-order valence-electron chi connectivity index (χ0n) is 11.3. The Morgan fingerprint density at radius 1 is 1.42 bits per heavy atom. The van der Waals surface area contributed by atoms with E-state index in [2.05, 4.69) is 5.32 Å². The molecule has 2 amide bonds. The molecule has 0 heterocycles. The van der Waals surface area contributed by atoms with Crippen molar-refractivity contribution in [1.29, 1.82) is 0 Å². The standard InChI is InChI=1S/C13H18N2O4/c1-4-7-15(2)13(18)14-11-6-5-9(19-3)8-10(11)12(16)17/h5-6,8H,4,7H2,1-3H3,(H,14,18)(H,16,17). The normalized spacial score (nSPS) is 9.84. The monoisotopic (exact) mass is 266 g/mol. The van der Waals surface area contributed by atoms with Crippen LogP contribution in [0.5, 0.6) is 5.75 Å². The number of methoxy groups -OCH3 is 1. The minimum atomic E-state index is -1.12. The van der Waals surface area contributed by atoms with Gasteiger partial charge in [-0.1, -0.05) is 6.92 Å². The summed E-state index contributed by atoms with van der Waals surface area (Å²) >= 11 is 0. The first-order valence-corrected chi connectivity index (χ1v) is 5.93. The lowest BCUT2D eigenvalue weighted by Crippen LogP contribution is -2.32. The van der Waals surface area contributed by atoms with E-state index in [1.807, 2.05) is 6.92 Å². The van der Waals surface area contributed by atoms with Crippen molar-refractivity contribution >= 4 is 17.7 Å². The van der Waals surface area contributed by atoms with Crippen LogP contribution in [0.4, 0.5) is 10.5 Å². The third-order valence-corrected chi connectivity index (χ3v) is 2.60. The summed E-state index contributed by atoms with van der Waals surface area (Å²) in [7, 11) is 3.11. The fourth-order valence-electron chi connectivity index (χ4n) is 1.58. The third-order valence-electron chi connectivity index (χ3n) is 2.60. The van der Waals surface area contributed by atoms with Crippen LogP contribution >= 0.6 is 0 Å². The first-order chi connectivity index (χ1) is 8.99. The number of benzene rings is 1. The van der Waals surface area contributed by atoms with Gasteiger partial charge in [0.2, 0.25) is 0 Å². The van der Waals surface area contributed by atoms with Crippen LogP contribution in [0.15, 0.2) is 18.2 Å². The number of nitrogens with one attached hydrogen (secondary N) is 1. The SMILES string of the molecule is CCCN(C)C(=O)Nc1ccc(OC)cc1C(=O)O. The van der Waals surface area contributed by atoms with Crippen LogP contribution in [0.1, 0.15) is 23.7 Å². The van der Waals surface area contributed by atoms with E-state index in [1.165, 1.54) is 24.1 Å². The summed E-state index contributed by atoms with van der Waals surface area (Å²) in [5.41, 5.74) is 0.249. The first kappa shape index (κ1) is 14.8. The van der Waals surface area contributed by atoms with Gasteiger partial charge in [0.05, 0.1) is 18.4 Å². The van der Waals surface area contributed by atoms with Gasteiger partial charge >= 0.3 is 12.0 Å². The molecule has 0 aliphatic heterocycles. The molecule has 0 radical (unpaired) electrons. The second-order valence-corrected chi connectivity index (χ2v) is 4.07. The van der Waals surface area contributed by atoms with Crippen molar-refractivity contribution in [3.8, 4) is 5.75 Å². The van der Waals surface area contributed by atoms with E-state index in [0.29, 0.717) is 12.3 Å². The molecule has 1 rings (SSSR count). The van der Waals surface area contributed by atoms with E-state index >= 15 is 0 Å². The smallest absolute Gasteiger partial charge is 0.337 e. The number of aromatic carboxylic acids is 1.